The summed E-state index contributed by atoms with van der Waals surface area (Å²) in [7, 11) is 0. The van der Waals surface area contributed by atoms with E-state index in [9.17, 15) is 19.5 Å². The lowest BCUT2D eigenvalue weighted by atomic mass is 10.0. The van der Waals surface area contributed by atoms with Crippen molar-refractivity contribution in [2.75, 3.05) is 5.32 Å². The number of anilines is 1. The Bertz CT molecular complexity index is 1040. The van der Waals surface area contributed by atoms with Crippen molar-refractivity contribution in [2.45, 2.75) is 32.7 Å². The third-order valence-electron chi connectivity index (χ3n) is 4.49. The van der Waals surface area contributed by atoms with Gasteiger partial charge >= 0.3 is 5.97 Å². The molecule has 1 unspecified atom stereocenters. The van der Waals surface area contributed by atoms with Crippen LogP contribution in [0.1, 0.15) is 53.6 Å². The number of Topliss-reactive ketones (excluding diaryl/α,β-unsaturated/α-hetero) is 1. The second kappa shape index (κ2) is 8.04. The maximum Gasteiger partial charge on any atom is 0.357 e. The maximum atomic E-state index is 12.9. The summed E-state index contributed by atoms with van der Waals surface area (Å²) in [4.78, 5) is 36.0. The van der Waals surface area contributed by atoms with Crippen LogP contribution in [0.3, 0.4) is 0 Å². The first kappa shape index (κ1) is 19.3. The number of nitrogens with one attached hydrogen (secondary N) is 1. The summed E-state index contributed by atoms with van der Waals surface area (Å²) in [6, 6.07) is 12.9. The van der Waals surface area contributed by atoms with Crippen LogP contribution in [-0.2, 0) is 4.79 Å². The molecule has 2 N–H and O–H groups in total. The predicted molar refractivity (Wildman–Crippen MR) is 106 cm³/mol. The fourth-order valence-corrected chi connectivity index (χ4v) is 3.06. The number of hydrogen-bond donors (Lipinski definition) is 2. The molecule has 0 aliphatic rings. The Morgan fingerprint density at radius 2 is 1.79 bits per heavy atom. The number of aromatic carboxylic acids is 1. The van der Waals surface area contributed by atoms with Crippen molar-refractivity contribution in [3.63, 3.8) is 0 Å². The van der Waals surface area contributed by atoms with E-state index in [2.05, 4.69) is 10.4 Å². The van der Waals surface area contributed by atoms with Gasteiger partial charge in [0.1, 0.15) is 6.04 Å². The number of benzene rings is 2. The molecule has 0 fully saturated rings. The summed E-state index contributed by atoms with van der Waals surface area (Å²) < 4.78 is 1.44. The number of nitrogens with zero attached hydrogens (tertiary/aromatic N) is 2. The summed E-state index contributed by atoms with van der Waals surface area (Å²) in [6.07, 6.45) is 1.20. The van der Waals surface area contributed by atoms with E-state index in [0.29, 0.717) is 28.6 Å². The first-order valence-electron chi connectivity index (χ1n) is 9.07. The van der Waals surface area contributed by atoms with E-state index < -0.39 is 12.0 Å². The van der Waals surface area contributed by atoms with Crippen molar-refractivity contribution in [3.8, 4) is 0 Å². The van der Waals surface area contributed by atoms with Crippen LogP contribution in [0.15, 0.2) is 48.5 Å². The molecule has 1 atom stereocenters. The van der Waals surface area contributed by atoms with Crippen LogP contribution < -0.4 is 5.32 Å². The maximum absolute atomic E-state index is 12.9. The third-order valence-corrected chi connectivity index (χ3v) is 4.49. The van der Waals surface area contributed by atoms with Crippen LogP contribution in [0.5, 0.6) is 0 Å². The van der Waals surface area contributed by atoms with Gasteiger partial charge in [0.25, 0.3) is 0 Å². The van der Waals surface area contributed by atoms with Crippen LogP contribution in [-0.4, -0.2) is 32.5 Å². The highest BCUT2D eigenvalue weighted by atomic mass is 16.4. The number of amides is 1. The number of rotatable bonds is 7. The Labute approximate surface area is 162 Å². The average molecular weight is 379 g/mol. The van der Waals surface area contributed by atoms with Crippen molar-refractivity contribution < 1.29 is 19.5 Å². The average Bonchev–Trinajstić information content (AvgIpc) is 3.07. The van der Waals surface area contributed by atoms with E-state index in [-0.39, 0.29) is 17.4 Å². The number of carbonyl (C=O) groups excluding carboxylic acids is 2. The zero-order valence-electron chi connectivity index (χ0n) is 15.7. The molecular formula is C21H21N3O4. The summed E-state index contributed by atoms with van der Waals surface area (Å²) in [6.45, 7) is 3.61. The molecule has 1 amide bonds. The second-order valence-corrected chi connectivity index (χ2v) is 6.53. The molecule has 0 aliphatic heterocycles. The molecule has 7 nitrogen and oxygen atoms in total. The fourth-order valence-electron chi connectivity index (χ4n) is 3.06. The van der Waals surface area contributed by atoms with E-state index in [1.165, 1.54) is 4.68 Å². The Balaban J connectivity index is 1.86. The molecule has 0 aliphatic carbocycles. The quantitative estimate of drug-likeness (QED) is 0.606. The largest absolute Gasteiger partial charge is 0.476 e. The van der Waals surface area contributed by atoms with Crippen LogP contribution in [0, 0.1) is 0 Å². The van der Waals surface area contributed by atoms with E-state index in [4.69, 9.17) is 0 Å². The summed E-state index contributed by atoms with van der Waals surface area (Å²) in [5.41, 5.74) is 1.59. The number of carboxylic acids is 1. The van der Waals surface area contributed by atoms with Crippen LogP contribution in [0.4, 0.5) is 5.69 Å². The van der Waals surface area contributed by atoms with Gasteiger partial charge < -0.3 is 10.4 Å². The lowest BCUT2D eigenvalue weighted by Crippen LogP contribution is -2.18. The Morgan fingerprint density at radius 3 is 2.43 bits per heavy atom. The molecule has 1 aromatic heterocycles. The molecule has 0 spiro atoms. The van der Waals surface area contributed by atoms with E-state index in [0.717, 1.165) is 6.42 Å². The third kappa shape index (κ3) is 3.78. The fraction of sp³-hybridized carbons (Fsp3) is 0.238. The van der Waals surface area contributed by atoms with Gasteiger partial charge in [-0.15, -0.1) is 0 Å². The van der Waals surface area contributed by atoms with Crippen LogP contribution >= 0.6 is 0 Å². The molecule has 144 valence electrons. The van der Waals surface area contributed by atoms with Crippen molar-refractivity contribution in [1.29, 1.82) is 0 Å². The first-order chi connectivity index (χ1) is 13.4. The smallest absolute Gasteiger partial charge is 0.357 e. The molecule has 0 saturated heterocycles. The highest BCUT2D eigenvalue weighted by molar-refractivity contribution is 6.03. The lowest BCUT2D eigenvalue weighted by molar-refractivity contribution is -0.116. The monoisotopic (exact) mass is 379 g/mol. The number of hydrogen-bond acceptors (Lipinski definition) is 4. The zero-order chi connectivity index (χ0) is 20.3. The molecule has 0 bridgehead atoms. The molecule has 0 saturated carbocycles. The molecule has 2 aromatic carbocycles. The Hall–Kier alpha value is -3.48. The minimum atomic E-state index is -1.14. The highest BCUT2D eigenvalue weighted by Crippen LogP contribution is 2.24. The Morgan fingerprint density at radius 1 is 1.11 bits per heavy atom. The van der Waals surface area contributed by atoms with Gasteiger partial charge in [-0.3, -0.25) is 14.3 Å². The van der Waals surface area contributed by atoms with Gasteiger partial charge in [-0.2, -0.15) is 5.10 Å². The van der Waals surface area contributed by atoms with Gasteiger partial charge in [0.2, 0.25) is 5.91 Å². The van der Waals surface area contributed by atoms with Gasteiger partial charge in [-0.25, -0.2) is 4.79 Å². The number of carboxylic acid groups (broad SMARTS) is 1. The topological polar surface area (TPSA) is 101 Å². The number of para-hydroxylation sites is 1. The lowest BCUT2D eigenvalue weighted by Gasteiger charge is -2.13. The van der Waals surface area contributed by atoms with Gasteiger partial charge in [-0.1, -0.05) is 25.1 Å². The van der Waals surface area contributed by atoms with E-state index >= 15 is 0 Å². The van der Waals surface area contributed by atoms with Crippen LogP contribution in [0.2, 0.25) is 0 Å². The molecule has 3 aromatic rings. The predicted octanol–water partition coefficient (Wildman–Crippen LogP) is 3.92. The minimum Gasteiger partial charge on any atom is -0.476 e. The van der Waals surface area contributed by atoms with E-state index in [1.807, 2.05) is 6.92 Å². The number of fused-ring (bicyclic) bond motifs is 1. The van der Waals surface area contributed by atoms with Gasteiger partial charge in [0.15, 0.2) is 11.5 Å². The Kier molecular flexibility index (Phi) is 5.54. The normalized spacial score (nSPS) is 11.9. The van der Waals surface area contributed by atoms with Gasteiger partial charge in [0, 0.05) is 23.1 Å². The van der Waals surface area contributed by atoms with Gasteiger partial charge in [-0.05, 0) is 43.7 Å². The number of aromatic nitrogens is 2. The SMILES string of the molecule is CCCC(=O)Nc1ccc(C(=O)C(C)n2nc(C(=O)O)c3ccccc32)cc1. The molecule has 3 rings (SSSR count). The van der Waals surface area contributed by atoms with Crippen molar-refractivity contribution in [1.82, 2.24) is 9.78 Å². The molecule has 28 heavy (non-hydrogen) atoms. The molecule has 7 heteroatoms. The van der Waals surface area contributed by atoms with Crippen molar-refractivity contribution >= 4 is 34.3 Å². The first-order valence-corrected chi connectivity index (χ1v) is 9.07. The molecule has 1 heterocycles. The second-order valence-electron chi connectivity index (χ2n) is 6.53. The summed E-state index contributed by atoms with van der Waals surface area (Å²) in [5, 5.41) is 16.8. The zero-order valence-corrected chi connectivity index (χ0v) is 15.7. The minimum absolute atomic E-state index is 0.0702. The summed E-state index contributed by atoms with van der Waals surface area (Å²) >= 11 is 0. The summed E-state index contributed by atoms with van der Waals surface area (Å²) in [5.74, 6) is -1.41. The standard InChI is InChI=1S/C21H21N3O4/c1-3-6-18(25)22-15-11-9-14(10-12-15)20(26)13(2)24-17-8-5-4-7-16(17)19(23-24)21(27)28/h4-5,7-13H,3,6H2,1-2H3,(H,22,25)(H,27,28). The van der Waals surface area contributed by atoms with Crippen LogP contribution in [0.25, 0.3) is 10.9 Å². The molecular weight excluding hydrogens is 358 g/mol. The van der Waals surface area contributed by atoms with Crippen molar-refractivity contribution in [2.24, 2.45) is 0 Å². The van der Waals surface area contributed by atoms with Gasteiger partial charge in [0.05, 0.1) is 5.52 Å². The number of carbonyl (C=O) groups is 3. The molecule has 0 radical (unpaired) electrons. The number of ketones is 1. The van der Waals surface area contributed by atoms with E-state index in [1.54, 1.807) is 55.5 Å². The highest BCUT2D eigenvalue weighted by Gasteiger charge is 2.23. The van der Waals surface area contributed by atoms with Crippen molar-refractivity contribution in [3.05, 3.63) is 59.8 Å².